The molecular formula is C29H33NSi. The van der Waals surface area contributed by atoms with Gasteiger partial charge in [0.2, 0.25) is 0 Å². The van der Waals surface area contributed by atoms with Crippen LogP contribution in [0.3, 0.4) is 0 Å². The second kappa shape index (κ2) is 6.96. The van der Waals surface area contributed by atoms with Gasteiger partial charge < -0.3 is 4.90 Å². The number of hydrogen-bond donors (Lipinski definition) is 0. The van der Waals surface area contributed by atoms with E-state index in [1.165, 1.54) is 50.6 Å². The van der Waals surface area contributed by atoms with Gasteiger partial charge in [0.05, 0.1) is 0 Å². The van der Waals surface area contributed by atoms with Crippen LogP contribution in [0, 0.1) is 0 Å². The highest BCUT2D eigenvalue weighted by Crippen LogP contribution is 2.41. The molecule has 31 heavy (non-hydrogen) atoms. The van der Waals surface area contributed by atoms with Crippen molar-refractivity contribution < 1.29 is 0 Å². The standard InChI is InChI=1S/C29H33NSi/c1-7-31(8-2)27-18-21-14-10-9-13-20(21)17-25(27)30(6)26-19-24(29(3,4)5)22-15-11-12-16-23(22)28(26)31/h9-19H,7-8H2,1-6H3. The van der Waals surface area contributed by atoms with E-state index in [0.29, 0.717) is 0 Å². The predicted molar refractivity (Wildman–Crippen MR) is 141 cm³/mol. The zero-order valence-corrected chi connectivity index (χ0v) is 20.7. The minimum atomic E-state index is -1.92. The van der Waals surface area contributed by atoms with Crippen LogP contribution >= 0.6 is 0 Å². The van der Waals surface area contributed by atoms with Crippen molar-refractivity contribution in [3.8, 4) is 0 Å². The number of fused-ring (bicyclic) bond motifs is 5. The van der Waals surface area contributed by atoms with E-state index in [9.17, 15) is 0 Å². The molecule has 158 valence electrons. The Bertz CT molecular complexity index is 1310. The Labute approximate surface area is 187 Å². The van der Waals surface area contributed by atoms with E-state index in [1.54, 1.807) is 10.4 Å². The lowest BCUT2D eigenvalue weighted by Crippen LogP contribution is -2.62. The molecule has 4 aromatic carbocycles. The monoisotopic (exact) mass is 423 g/mol. The fourth-order valence-corrected chi connectivity index (χ4v) is 10.8. The molecule has 0 radical (unpaired) electrons. The van der Waals surface area contributed by atoms with Crippen LogP contribution in [-0.2, 0) is 5.41 Å². The molecule has 1 aliphatic rings. The van der Waals surface area contributed by atoms with Gasteiger partial charge >= 0.3 is 0 Å². The van der Waals surface area contributed by atoms with Crippen LogP contribution in [0.2, 0.25) is 12.1 Å². The molecule has 1 aliphatic heterocycles. The Balaban J connectivity index is 1.96. The molecule has 0 amide bonds. The molecule has 0 aliphatic carbocycles. The van der Waals surface area contributed by atoms with Crippen molar-refractivity contribution in [3.05, 3.63) is 72.3 Å². The molecular weight excluding hydrogens is 390 g/mol. The van der Waals surface area contributed by atoms with Crippen LogP contribution < -0.4 is 15.3 Å². The second-order valence-electron chi connectivity index (χ2n) is 10.2. The number of nitrogens with zero attached hydrogens (tertiary/aromatic N) is 1. The topological polar surface area (TPSA) is 3.24 Å². The van der Waals surface area contributed by atoms with Crippen LogP contribution in [0.4, 0.5) is 11.4 Å². The molecule has 0 fully saturated rings. The van der Waals surface area contributed by atoms with Crippen LogP contribution in [0.1, 0.15) is 40.2 Å². The van der Waals surface area contributed by atoms with E-state index in [-0.39, 0.29) is 5.41 Å². The summed E-state index contributed by atoms with van der Waals surface area (Å²) in [6.45, 7) is 11.9. The number of anilines is 2. The van der Waals surface area contributed by atoms with E-state index in [4.69, 9.17) is 0 Å². The maximum Gasteiger partial charge on any atom is 0.123 e. The number of benzene rings is 4. The van der Waals surface area contributed by atoms with Gasteiger partial charge in [-0.05, 0) is 55.0 Å². The Morgan fingerprint density at radius 2 is 1.32 bits per heavy atom. The quantitative estimate of drug-likeness (QED) is 0.315. The van der Waals surface area contributed by atoms with Crippen molar-refractivity contribution in [2.24, 2.45) is 0 Å². The molecule has 0 spiro atoms. The third-order valence-electron chi connectivity index (χ3n) is 7.62. The van der Waals surface area contributed by atoms with Gasteiger partial charge in [0.1, 0.15) is 8.07 Å². The minimum absolute atomic E-state index is 0.0990. The van der Waals surface area contributed by atoms with Gasteiger partial charge in [0, 0.05) is 18.4 Å². The Morgan fingerprint density at radius 1 is 0.742 bits per heavy atom. The summed E-state index contributed by atoms with van der Waals surface area (Å²) in [5.41, 5.74) is 4.40. The molecule has 5 rings (SSSR count). The summed E-state index contributed by atoms with van der Waals surface area (Å²) < 4.78 is 0. The highest BCUT2D eigenvalue weighted by atomic mass is 28.3. The van der Waals surface area contributed by atoms with Gasteiger partial charge in [-0.2, -0.15) is 0 Å². The largest absolute Gasteiger partial charge is 0.345 e. The summed E-state index contributed by atoms with van der Waals surface area (Å²) in [6, 6.07) is 28.0. The van der Waals surface area contributed by atoms with E-state index in [2.05, 4.69) is 113 Å². The molecule has 0 saturated carbocycles. The van der Waals surface area contributed by atoms with Crippen molar-refractivity contribution in [2.75, 3.05) is 11.9 Å². The van der Waals surface area contributed by atoms with Crippen LogP contribution in [0.5, 0.6) is 0 Å². The first-order chi connectivity index (χ1) is 14.8. The average Bonchev–Trinajstić information content (AvgIpc) is 2.78. The zero-order chi connectivity index (χ0) is 22.0. The molecule has 0 saturated heterocycles. The van der Waals surface area contributed by atoms with Gasteiger partial charge in [0.25, 0.3) is 0 Å². The fourth-order valence-electron chi connectivity index (χ4n) is 5.89. The summed E-state index contributed by atoms with van der Waals surface area (Å²) in [4.78, 5) is 2.48. The number of rotatable bonds is 2. The van der Waals surface area contributed by atoms with Crippen molar-refractivity contribution in [2.45, 2.75) is 52.1 Å². The lowest BCUT2D eigenvalue weighted by molar-refractivity contribution is 0.596. The van der Waals surface area contributed by atoms with E-state index in [1.807, 2.05) is 0 Å². The lowest BCUT2D eigenvalue weighted by atomic mass is 9.83. The molecule has 0 aromatic heterocycles. The minimum Gasteiger partial charge on any atom is -0.345 e. The molecule has 2 heteroatoms. The zero-order valence-electron chi connectivity index (χ0n) is 19.7. The molecule has 0 atom stereocenters. The number of hydrogen-bond acceptors (Lipinski definition) is 1. The third-order valence-corrected chi connectivity index (χ3v) is 12.9. The summed E-state index contributed by atoms with van der Waals surface area (Å²) in [6.07, 6.45) is 0. The third kappa shape index (κ3) is 2.81. The fraction of sp³-hybridized carbons (Fsp3) is 0.310. The Morgan fingerprint density at radius 3 is 1.94 bits per heavy atom. The Hall–Kier alpha value is -2.58. The van der Waals surface area contributed by atoms with Gasteiger partial charge in [-0.15, -0.1) is 0 Å². The first-order valence-corrected chi connectivity index (χ1v) is 14.1. The van der Waals surface area contributed by atoms with Gasteiger partial charge in [-0.1, -0.05) is 101 Å². The van der Waals surface area contributed by atoms with Crippen molar-refractivity contribution in [1.29, 1.82) is 0 Å². The smallest absolute Gasteiger partial charge is 0.123 e. The molecule has 0 bridgehead atoms. The lowest BCUT2D eigenvalue weighted by Gasteiger charge is -2.44. The van der Waals surface area contributed by atoms with Crippen LogP contribution in [0.25, 0.3) is 21.5 Å². The van der Waals surface area contributed by atoms with Crippen molar-refractivity contribution in [1.82, 2.24) is 0 Å². The molecule has 0 N–H and O–H groups in total. The van der Waals surface area contributed by atoms with E-state index < -0.39 is 8.07 Å². The summed E-state index contributed by atoms with van der Waals surface area (Å²) >= 11 is 0. The molecule has 1 nitrogen and oxygen atoms in total. The van der Waals surface area contributed by atoms with Crippen molar-refractivity contribution >= 4 is 51.4 Å². The van der Waals surface area contributed by atoms with E-state index >= 15 is 0 Å². The summed E-state index contributed by atoms with van der Waals surface area (Å²) in [5.74, 6) is 0. The van der Waals surface area contributed by atoms with Crippen LogP contribution in [0.15, 0.2) is 66.7 Å². The molecule has 1 heterocycles. The first kappa shape index (κ1) is 20.3. The summed E-state index contributed by atoms with van der Waals surface area (Å²) in [7, 11) is 0.356. The molecule has 0 unspecified atom stereocenters. The first-order valence-electron chi connectivity index (χ1n) is 11.7. The second-order valence-corrected chi connectivity index (χ2v) is 14.8. The highest BCUT2D eigenvalue weighted by molar-refractivity contribution is 7.05. The van der Waals surface area contributed by atoms with Gasteiger partial charge in [0.15, 0.2) is 0 Å². The maximum absolute atomic E-state index is 2.52. The maximum atomic E-state index is 2.52. The summed E-state index contributed by atoms with van der Waals surface area (Å²) in [5, 5.41) is 8.87. The van der Waals surface area contributed by atoms with Gasteiger partial charge in [-0.3, -0.25) is 0 Å². The average molecular weight is 424 g/mol. The highest BCUT2D eigenvalue weighted by Gasteiger charge is 2.44. The SMILES string of the molecule is CC[Si]1(CC)c2cc3ccccc3cc2N(C)c2cc(C(C)(C)C)c3ccccc3c21. The van der Waals surface area contributed by atoms with Crippen molar-refractivity contribution in [3.63, 3.8) is 0 Å². The van der Waals surface area contributed by atoms with Gasteiger partial charge in [-0.25, -0.2) is 0 Å². The molecule has 4 aromatic rings. The predicted octanol–water partition coefficient (Wildman–Crippen LogP) is 6.97. The van der Waals surface area contributed by atoms with E-state index in [0.717, 1.165) is 0 Å². The Kier molecular flexibility index (Phi) is 4.57. The van der Waals surface area contributed by atoms with Crippen LogP contribution in [-0.4, -0.2) is 15.1 Å². The normalized spacial score (nSPS) is 15.2.